The van der Waals surface area contributed by atoms with E-state index >= 15 is 0 Å². The Bertz CT molecular complexity index is 726. The predicted octanol–water partition coefficient (Wildman–Crippen LogP) is 3.46. The molecular formula is C15H20BrCl2F4N3O2S. The van der Waals surface area contributed by atoms with Gasteiger partial charge in [-0.2, -0.15) is 0 Å². The third kappa shape index (κ3) is 5.23. The summed E-state index contributed by atoms with van der Waals surface area (Å²) >= 11 is 4.25. The SMILES string of the molecule is COC(=O)c1sc(Br)c2c1N(CC(N)C1CC(F)(F)CN1)CC(F)(F)C2.Cl.Cl. The van der Waals surface area contributed by atoms with Crippen LogP contribution in [0.4, 0.5) is 23.2 Å². The summed E-state index contributed by atoms with van der Waals surface area (Å²) in [6, 6.07) is -1.48. The Labute approximate surface area is 184 Å². The number of hydrogen-bond donors (Lipinski definition) is 2. The van der Waals surface area contributed by atoms with Gasteiger partial charge in [0.1, 0.15) is 4.88 Å². The van der Waals surface area contributed by atoms with Crippen LogP contribution in [0, 0.1) is 0 Å². The van der Waals surface area contributed by atoms with Gasteiger partial charge in [-0.3, -0.25) is 0 Å². The smallest absolute Gasteiger partial charge is 0.350 e. The number of carbonyl (C=O) groups is 1. The van der Waals surface area contributed by atoms with Crippen LogP contribution in [0.2, 0.25) is 0 Å². The Kier molecular flexibility index (Phi) is 8.46. The molecule has 3 N–H and O–H groups in total. The van der Waals surface area contributed by atoms with Gasteiger partial charge in [-0.1, -0.05) is 0 Å². The number of thiophene rings is 1. The van der Waals surface area contributed by atoms with Crippen LogP contribution in [0.5, 0.6) is 0 Å². The van der Waals surface area contributed by atoms with Crippen molar-refractivity contribution in [1.29, 1.82) is 0 Å². The van der Waals surface area contributed by atoms with E-state index in [0.717, 1.165) is 11.3 Å². The molecule has 13 heteroatoms. The molecule has 3 heterocycles. The molecule has 0 spiro atoms. The lowest BCUT2D eigenvalue weighted by atomic mass is 9.99. The number of fused-ring (bicyclic) bond motifs is 1. The molecule has 2 atom stereocenters. The standard InChI is InChI=1S/C15H18BrF4N3O2S.2ClH/c1-25-13(24)11-10-7(12(16)26-11)2-15(19,20)6-23(10)4-8(21)9-3-14(17,18)5-22-9;;/h8-9,22H,2-6,21H2,1H3;2*1H. The normalized spacial score (nSPS) is 23.2. The van der Waals surface area contributed by atoms with Crippen molar-refractivity contribution in [3.05, 3.63) is 14.2 Å². The van der Waals surface area contributed by atoms with Crippen molar-refractivity contribution in [2.45, 2.75) is 36.8 Å². The number of rotatable bonds is 4. The van der Waals surface area contributed by atoms with E-state index in [1.165, 1.54) is 12.0 Å². The second-order valence-corrected chi connectivity index (χ2v) is 8.99. The van der Waals surface area contributed by atoms with Crippen molar-refractivity contribution < 1.29 is 27.1 Å². The zero-order valence-electron chi connectivity index (χ0n) is 14.6. The second kappa shape index (κ2) is 9.22. The van der Waals surface area contributed by atoms with E-state index in [-0.39, 0.29) is 36.2 Å². The average molecular weight is 533 g/mol. The molecule has 1 saturated heterocycles. The van der Waals surface area contributed by atoms with Crippen LogP contribution in [0.1, 0.15) is 21.7 Å². The molecule has 0 aromatic carbocycles. The molecule has 28 heavy (non-hydrogen) atoms. The maximum absolute atomic E-state index is 14.2. The van der Waals surface area contributed by atoms with Crippen LogP contribution in [-0.2, 0) is 11.2 Å². The maximum atomic E-state index is 14.2. The number of nitrogens with zero attached hydrogens (tertiary/aromatic N) is 1. The summed E-state index contributed by atoms with van der Waals surface area (Å²) < 4.78 is 60.4. The molecule has 0 saturated carbocycles. The van der Waals surface area contributed by atoms with Gasteiger partial charge in [-0.25, -0.2) is 22.4 Å². The maximum Gasteiger partial charge on any atom is 0.350 e. The molecule has 2 unspecified atom stereocenters. The molecule has 0 bridgehead atoms. The molecule has 2 aliphatic rings. The summed E-state index contributed by atoms with van der Waals surface area (Å²) in [6.45, 7) is -1.20. The third-order valence-electron chi connectivity index (χ3n) is 4.56. The summed E-state index contributed by atoms with van der Waals surface area (Å²) in [5.41, 5.74) is 6.69. The van der Waals surface area contributed by atoms with Crippen molar-refractivity contribution >= 4 is 63.7 Å². The van der Waals surface area contributed by atoms with Gasteiger partial charge in [0.05, 0.1) is 29.7 Å². The number of methoxy groups -OCH3 is 1. The Balaban J connectivity index is 0.00000196. The minimum absolute atomic E-state index is 0. The summed E-state index contributed by atoms with van der Waals surface area (Å²) in [7, 11) is 1.21. The molecular weight excluding hydrogens is 513 g/mol. The number of esters is 1. The highest BCUT2D eigenvalue weighted by molar-refractivity contribution is 9.11. The van der Waals surface area contributed by atoms with Gasteiger partial charge in [0.15, 0.2) is 0 Å². The molecule has 5 nitrogen and oxygen atoms in total. The van der Waals surface area contributed by atoms with E-state index in [1.807, 2.05) is 0 Å². The first-order chi connectivity index (χ1) is 12.0. The third-order valence-corrected chi connectivity index (χ3v) is 6.52. The van der Waals surface area contributed by atoms with Gasteiger partial charge in [-0.05, 0) is 15.9 Å². The van der Waals surface area contributed by atoms with E-state index in [4.69, 9.17) is 10.5 Å². The van der Waals surface area contributed by atoms with Crippen LogP contribution >= 0.6 is 52.1 Å². The highest BCUT2D eigenvalue weighted by Gasteiger charge is 2.45. The topological polar surface area (TPSA) is 67.6 Å². The number of hydrogen-bond acceptors (Lipinski definition) is 6. The highest BCUT2D eigenvalue weighted by Crippen LogP contribution is 2.46. The van der Waals surface area contributed by atoms with E-state index in [0.29, 0.717) is 15.0 Å². The first-order valence-electron chi connectivity index (χ1n) is 7.92. The highest BCUT2D eigenvalue weighted by atomic mass is 79.9. The fourth-order valence-corrected chi connectivity index (χ4v) is 5.21. The number of ether oxygens (including phenoxy) is 1. The molecule has 162 valence electrons. The minimum Gasteiger partial charge on any atom is -0.465 e. The lowest BCUT2D eigenvalue weighted by molar-refractivity contribution is 0.00434. The van der Waals surface area contributed by atoms with Gasteiger partial charge < -0.3 is 20.7 Å². The van der Waals surface area contributed by atoms with Gasteiger partial charge in [0.2, 0.25) is 0 Å². The first-order valence-corrected chi connectivity index (χ1v) is 9.53. The van der Waals surface area contributed by atoms with E-state index in [1.54, 1.807) is 0 Å². The Morgan fingerprint density at radius 2 is 2.04 bits per heavy atom. The quantitative estimate of drug-likeness (QED) is 0.459. The number of alkyl halides is 4. The van der Waals surface area contributed by atoms with Crippen molar-refractivity contribution in [3.63, 3.8) is 0 Å². The fraction of sp³-hybridized carbons (Fsp3) is 0.667. The molecule has 1 fully saturated rings. The number of halogens is 7. The lowest BCUT2D eigenvalue weighted by Crippen LogP contribution is -2.53. The van der Waals surface area contributed by atoms with Crippen LogP contribution in [-0.4, -0.2) is 56.6 Å². The largest absolute Gasteiger partial charge is 0.465 e. The van der Waals surface area contributed by atoms with Crippen molar-refractivity contribution in [2.24, 2.45) is 5.73 Å². The molecule has 2 aliphatic heterocycles. The molecule has 1 aromatic heterocycles. The van der Waals surface area contributed by atoms with Gasteiger partial charge in [0.25, 0.3) is 11.8 Å². The van der Waals surface area contributed by atoms with E-state index in [2.05, 4.69) is 21.2 Å². The van der Waals surface area contributed by atoms with Crippen LogP contribution in [0.15, 0.2) is 3.79 Å². The Hall–Kier alpha value is -0.330. The van der Waals surface area contributed by atoms with Crippen molar-refractivity contribution in [1.82, 2.24) is 5.32 Å². The Morgan fingerprint density at radius 1 is 1.39 bits per heavy atom. The Morgan fingerprint density at radius 3 is 2.57 bits per heavy atom. The molecule has 0 aliphatic carbocycles. The average Bonchev–Trinajstić information content (AvgIpc) is 3.06. The summed E-state index contributed by atoms with van der Waals surface area (Å²) in [4.78, 5) is 13.6. The van der Waals surface area contributed by atoms with Gasteiger partial charge >= 0.3 is 5.97 Å². The molecule has 0 amide bonds. The minimum atomic E-state index is -3.02. The molecule has 1 aromatic rings. The monoisotopic (exact) mass is 531 g/mol. The van der Waals surface area contributed by atoms with Gasteiger partial charge in [0, 0.05) is 37.0 Å². The van der Waals surface area contributed by atoms with E-state index < -0.39 is 55.8 Å². The van der Waals surface area contributed by atoms with Crippen molar-refractivity contribution in [3.8, 4) is 0 Å². The van der Waals surface area contributed by atoms with Crippen LogP contribution in [0.3, 0.4) is 0 Å². The zero-order chi connectivity index (χ0) is 19.3. The van der Waals surface area contributed by atoms with Crippen LogP contribution in [0.25, 0.3) is 0 Å². The number of carbonyl (C=O) groups excluding carboxylic acids is 1. The van der Waals surface area contributed by atoms with Gasteiger partial charge in [-0.15, -0.1) is 36.2 Å². The van der Waals surface area contributed by atoms with Crippen molar-refractivity contribution in [2.75, 3.05) is 31.6 Å². The summed E-state index contributed by atoms with van der Waals surface area (Å²) in [5, 5.41) is 2.65. The zero-order valence-corrected chi connectivity index (χ0v) is 18.7. The fourth-order valence-electron chi connectivity index (χ4n) is 3.41. The first kappa shape index (κ1) is 25.7. The van der Waals surface area contributed by atoms with Crippen LogP contribution < -0.4 is 16.0 Å². The van der Waals surface area contributed by atoms with E-state index in [9.17, 15) is 22.4 Å². The molecule has 3 rings (SSSR count). The predicted molar refractivity (Wildman–Crippen MR) is 108 cm³/mol. The lowest BCUT2D eigenvalue weighted by Gasteiger charge is -2.37. The number of anilines is 1. The molecule has 0 radical (unpaired) electrons. The number of nitrogens with one attached hydrogen (secondary N) is 1. The summed E-state index contributed by atoms with van der Waals surface area (Å²) in [5.74, 6) is -6.51. The summed E-state index contributed by atoms with van der Waals surface area (Å²) in [6.07, 6.45) is -0.954. The number of nitrogens with two attached hydrogens (primary N) is 1. The second-order valence-electron chi connectivity index (χ2n) is 6.65.